The molecule has 0 spiro atoms. The van der Waals surface area contributed by atoms with Crippen molar-refractivity contribution in [2.75, 3.05) is 6.54 Å². The fourth-order valence-corrected chi connectivity index (χ4v) is 1.06. The monoisotopic (exact) mass is 378 g/mol. The molecule has 0 unspecified atom stereocenters. The summed E-state index contributed by atoms with van der Waals surface area (Å²) in [4.78, 5) is 21.9. The summed E-state index contributed by atoms with van der Waals surface area (Å²) in [5, 5.41) is 2.61. The number of rotatable bonds is 3. The largest absolute Gasteiger partial charge is 0.440 e. The van der Waals surface area contributed by atoms with Gasteiger partial charge in [-0.2, -0.15) is 5.54 Å². The van der Waals surface area contributed by atoms with Crippen LogP contribution in [0.1, 0.15) is 17.3 Å². The molecule has 0 aromatic heterocycles. The third-order valence-electron chi connectivity index (χ3n) is 1.74. The topological polar surface area (TPSA) is 67.4 Å². The van der Waals surface area contributed by atoms with Crippen molar-refractivity contribution in [1.29, 1.82) is 0 Å². The third-order valence-corrected chi connectivity index (χ3v) is 1.74. The minimum Gasteiger partial charge on any atom is -0.409 e. The van der Waals surface area contributed by atoms with Gasteiger partial charge in [0.2, 0.25) is 0 Å². The van der Waals surface area contributed by atoms with Gasteiger partial charge in [-0.25, -0.2) is 4.79 Å². The van der Waals surface area contributed by atoms with Crippen LogP contribution in [0.15, 0.2) is 24.3 Å². The van der Waals surface area contributed by atoms with Gasteiger partial charge in [-0.15, -0.1) is 0 Å². The number of amides is 2. The molecule has 0 aliphatic heterocycles. The van der Waals surface area contributed by atoms with Crippen LogP contribution in [0.5, 0.6) is 5.75 Å². The second-order valence-electron chi connectivity index (χ2n) is 2.87. The quantitative estimate of drug-likeness (QED) is 0.588. The lowest BCUT2D eigenvalue weighted by Gasteiger charge is -2.04. The Labute approximate surface area is 128 Å². The molecule has 0 atom stereocenters. The van der Waals surface area contributed by atoms with E-state index < -0.39 is 6.09 Å². The molecule has 0 aliphatic carbocycles. The number of halogens is 9. The molecule has 1 aromatic carbocycles. The second kappa shape index (κ2) is 25.3. The number of ether oxygens (including phenoxy) is 1. The lowest BCUT2D eigenvalue weighted by Crippen LogP contribution is -2.22. The zero-order chi connectivity index (χ0) is 20.0. The van der Waals surface area contributed by atoms with Crippen LogP contribution in [0.4, 0.5) is 45.9 Å². The van der Waals surface area contributed by atoms with Crippen LogP contribution in [0.3, 0.4) is 0 Å². The average molecular weight is 378 g/mol. The highest BCUT2D eigenvalue weighted by Crippen LogP contribution is 2.12. The second-order valence-corrected chi connectivity index (χ2v) is 2.87. The van der Waals surface area contributed by atoms with Crippen molar-refractivity contribution in [2.45, 2.75) is 6.92 Å². The minimum absolute atomic E-state index is 0.156. The SMILES string of the molecule is CCNC(=O)c1ccc(OC(=O)NF)cc1.FF.FF.FF.FF. The Bertz CT molecular complexity index is 396. The van der Waals surface area contributed by atoms with Crippen LogP contribution in [-0.2, 0) is 0 Å². The molecule has 0 saturated carbocycles. The normalized spacial score (nSPS) is 7.25. The summed E-state index contributed by atoms with van der Waals surface area (Å²) < 4.78 is 80.1. The van der Waals surface area contributed by atoms with Gasteiger partial charge in [0.1, 0.15) is 5.75 Å². The maximum Gasteiger partial charge on any atom is 0.440 e. The molecule has 0 fully saturated rings. The van der Waals surface area contributed by atoms with E-state index in [2.05, 4.69) is 10.1 Å². The fourth-order valence-electron chi connectivity index (χ4n) is 1.06. The summed E-state index contributed by atoms with van der Waals surface area (Å²) in [7, 11) is 0. The van der Waals surface area contributed by atoms with Crippen molar-refractivity contribution in [3.8, 4) is 5.75 Å². The fraction of sp³-hybridized carbons (Fsp3) is 0.200. The van der Waals surface area contributed by atoms with Gasteiger partial charge in [0.05, 0.1) is 0 Å². The number of nitrogens with one attached hydrogen (secondary N) is 2. The number of benzene rings is 1. The summed E-state index contributed by atoms with van der Waals surface area (Å²) in [6.45, 7) is 2.34. The summed E-state index contributed by atoms with van der Waals surface area (Å²) in [5.41, 5.74) is 1.27. The molecule has 0 bridgehead atoms. The molecular weight excluding hydrogens is 367 g/mol. The number of carbonyl (C=O) groups excluding carboxylic acids is 2. The smallest absolute Gasteiger partial charge is 0.409 e. The first kappa shape index (κ1) is 29.4. The summed E-state index contributed by atoms with van der Waals surface area (Å²) in [6.07, 6.45) is -1.20. The maximum absolute atomic E-state index is 11.6. The van der Waals surface area contributed by atoms with E-state index in [1.807, 2.05) is 0 Å². The third kappa shape index (κ3) is 15.7. The van der Waals surface area contributed by atoms with Crippen molar-refractivity contribution in [2.24, 2.45) is 0 Å². The maximum atomic E-state index is 11.6. The van der Waals surface area contributed by atoms with E-state index in [1.165, 1.54) is 24.3 Å². The summed E-state index contributed by atoms with van der Waals surface area (Å²) in [6, 6.07) is 5.76. The number of carbonyl (C=O) groups is 2. The molecule has 0 aliphatic rings. The molecule has 142 valence electrons. The lowest BCUT2D eigenvalue weighted by molar-refractivity contribution is 0.0956. The molecule has 24 heavy (non-hydrogen) atoms. The molecule has 2 N–H and O–H groups in total. The zero-order valence-corrected chi connectivity index (χ0v) is 11.6. The minimum atomic E-state index is -1.20. The summed E-state index contributed by atoms with van der Waals surface area (Å²) in [5.74, 6) is -0.0628. The van der Waals surface area contributed by atoms with Crippen LogP contribution < -0.4 is 15.6 Å². The lowest BCUT2D eigenvalue weighted by atomic mass is 10.2. The van der Waals surface area contributed by atoms with Crippen molar-refractivity contribution in [3.63, 3.8) is 0 Å². The van der Waals surface area contributed by atoms with Crippen LogP contribution in [0.2, 0.25) is 0 Å². The zero-order valence-electron chi connectivity index (χ0n) is 11.6. The molecule has 1 aromatic rings. The van der Waals surface area contributed by atoms with Crippen LogP contribution in [0.25, 0.3) is 0 Å². The van der Waals surface area contributed by atoms with Gasteiger partial charge in [0.15, 0.2) is 0 Å². The molecule has 14 heteroatoms. The molecule has 5 nitrogen and oxygen atoms in total. The van der Waals surface area contributed by atoms with E-state index in [-0.39, 0.29) is 11.7 Å². The highest BCUT2D eigenvalue weighted by molar-refractivity contribution is 5.94. The number of hydrogen-bond acceptors (Lipinski definition) is 3. The molecule has 1 rings (SSSR count). The van der Waals surface area contributed by atoms with E-state index >= 15 is 0 Å². The summed E-state index contributed by atoms with van der Waals surface area (Å²) >= 11 is 0. The van der Waals surface area contributed by atoms with Crippen LogP contribution in [-0.4, -0.2) is 18.5 Å². The van der Waals surface area contributed by atoms with Gasteiger partial charge in [0.25, 0.3) is 5.91 Å². The molecule has 0 saturated heterocycles. The van der Waals surface area contributed by atoms with Gasteiger partial charge >= 0.3 is 6.09 Å². The van der Waals surface area contributed by atoms with Gasteiger partial charge in [-0.1, -0.05) is 4.48 Å². The standard InChI is InChI=1S/C10H11FN2O3.4F2/c1-2-12-9(14)7-3-5-8(6-4-7)16-10(15)13-11;4*1-2/h3-6H,2H2,1H3,(H,12,14)(H,13,15);;;;. The highest BCUT2D eigenvalue weighted by Gasteiger charge is 2.06. The molecular formula is C10H11F9N2O3. The predicted molar refractivity (Wildman–Crippen MR) is 63.6 cm³/mol. The number of hydrogen-bond donors (Lipinski definition) is 2. The van der Waals surface area contributed by atoms with E-state index in [4.69, 9.17) is 36.6 Å². The highest BCUT2D eigenvalue weighted by atomic mass is 20.0. The molecule has 0 radical (unpaired) electrons. The van der Waals surface area contributed by atoms with E-state index in [0.717, 1.165) is 5.54 Å². The first-order valence-corrected chi connectivity index (χ1v) is 5.21. The van der Waals surface area contributed by atoms with Crippen molar-refractivity contribution in [1.82, 2.24) is 10.9 Å². The average Bonchev–Trinajstić information content (AvgIpc) is 2.69. The predicted octanol–water partition coefficient (Wildman–Crippen LogP) is 4.77. The van der Waals surface area contributed by atoms with E-state index in [9.17, 15) is 14.1 Å². The molecule has 2 amide bonds. The molecule has 0 heterocycles. The van der Waals surface area contributed by atoms with Gasteiger partial charge < -0.3 is 10.1 Å². The Hall–Kier alpha value is -2.67. The van der Waals surface area contributed by atoms with Crippen LogP contribution >= 0.6 is 0 Å². The Morgan fingerprint density at radius 1 is 0.917 bits per heavy atom. The van der Waals surface area contributed by atoms with E-state index in [1.54, 1.807) is 6.92 Å². The Morgan fingerprint density at radius 3 is 1.67 bits per heavy atom. The first-order chi connectivity index (χ1) is 11.7. The van der Waals surface area contributed by atoms with Crippen LogP contribution in [0, 0.1) is 0 Å². The van der Waals surface area contributed by atoms with E-state index in [0.29, 0.717) is 12.1 Å². The van der Waals surface area contributed by atoms with Crippen molar-refractivity contribution >= 4 is 12.0 Å². The van der Waals surface area contributed by atoms with Gasteiger partial charge in [0, 0.05) is 48.7 Å². The Kier molecular flexibility index (Phi) is 30.9. The van der Waals surface area contributed by atoms with Crippen molar-refractivity contribution in [3.05, 3.63) is 29.8 Å². The Morgan fingerprint density at radius 2 is 1.33 bits per heavy atom. The van der Waals surface area contributed by atoms with Gasteiger partial charge in [-0.3, -0.25) is 4.79 Å². The van der Waals surface area contributed by atoms with Gasteiger partial charge in [-0.05, 0) is 31.2 Å². The first-order valence-electron chi connectivity index (χ1n) is 5.21. The van der Waals surface area contributed by atoms with Crippen molar-refractivity contribution < 1.29 is 55.4 Å². The Balaban J connectivity index is -0.000000218.